The standard InChI is InChI=1S/C25H22F2N4O2/c26-21-11-18(3-4-19(21)12-28)23-30-24(33-14-15-9-10-29-13-15)22(27)25(32)31(23)20-7-5-17(6-8-20)16-1-2-16/h3-8,11,15-16,29H,1-2,9-10,13-14H2/t15-/m0/s1. The number of halogens is 2. The molecule has 8 heteroatoms. The van der Waals surface area contributed by atoms with Gasteiger partial charge < -0.3 is 10.1 Å². The van der Waals surface area contributed by atoms with E-state index in [1.54, 1.807) is 18.2 Å². The van der Waals surface area contributed by atoms with Gasteiger partial charge in [0.05, 0.1) is 17.9 Å². The van der Waals surface area contributed by atoms with Crippen molar-refractivity contribution in [2.45, 2.75) is 25.2 Å². The maximum atomic E-state index is 15.1. The lowest BCUT2D eigenvalue weighted by molar-refractivity contribution is 0.238. The van der Waals surface area contributed by atoms with E-state index >= 15 is 4.39 Å². The number of nitrogens with one attached hydrogen (secondary N) is 1. The smallest absolute Gasteiger partial charge is 0.298 e. The van der Waals surface area contributed by atoms with E-state index in [0.717, 1.165) is 48.5 Å². The molecule has 6 nitrogen and oxygen atoms in total. The van der Waals surface area contributed by atoms with E-state index < -0.39 is 23.1 Å². The van der Waals surface area contributed by atoms with Crippen molar-refractivity contribution in [1.29, 1.82) is 5.26 Å². The van der Waals surface area contributed by atoms with E-state index in [4.69, 9.17) is 10.00 Å². The third-order valence-corrected chi connectivity index (χ3v) is 6.16. The molecule has 2 fully saturated rings. The summed E-state index contributed by atoms with van der Waals surface area (Å²) in [5.41, 5.74) is 0.762. The van der Waals surface area contributed by atoms with Crippen LogP contribution in [-0.2, 0) is 0 Å². The monoisotopic (exact) mass is 448 g/mol. The van der Waals surface area contributed by atoms with Crippen LogP contribution in [-0.4, -0.2) is 29.2 Å². The van der Waals surface area contributed by atoms with Crippen LogP contribution < -0.4 is 15.6 Å². The van der Waals surface area contributed by atoms with Gasteiger partial charge in [-0.15, -0.1) is 0 Å². The molecule has 3 aromatic rings. The van der Waals surface area contributed by atoms with Crippen molar-refractivity contribution in [2.75, 3.05) is 19.7 Å². The molecular formula is C25H22F2N4O2. The Morgan fingerprint density at radius 1 is 1.15 bits per heavy atom. The Morgan fingerprint density at radius 3 is 2.58 bits per heavy atom. The van der Waals surface area contributed by atoms with Gasteiger partial charge in [-0.05, 0) is 67.6 Å². The number of nitrogens with zero attached hydrogens (tertiary/aromatic N) is 3. The van der Waals surface area contributed by atoms with Crippen molar-refractivity contribution in [1.82, 2.24) is 14.9 Å². The zero-order chi connectivity index (χ0) is 22.9. The van der Waals surface area contributed by atoms with E-state index in [9.17, 15) is 9.18 Å². The largest absolute Gasteiger partial charge is 0.475 e. The van der Waals surface area contributed by atoms with Gasteiger partial charge in [-0.1, -0.05) is 12.1 Å². The van der Waals surface area contributed by atoms with Crippen LogP contribution in [0.3, 0.4) is 0 Å². The van der Waals surface area contributed by atoms with Crippen molar-refractivity contribution in [3.8, 4) is 29.0 Å². The van der Waals surface area contributed by atoms with Crippen LogP contribution in [0.1, 0.15) is 36.3 Å². The molecule has 1 aromatic heterocycles. The predicted molar refractivity (Wildman–Crippen MR) is 118 cm³/mol. The minimum atomic E-state index is -1.09. The number of hydrogen-bond donors (Lipinski definition) is 1. The van der Waals surface area contributed by atoms with Gasteiger partial charge in [-0.3, -0.25) is 9.36 Å². The van der Waals surface area contributed by atoms with E-state index in [1.807, 2.05) is 12.1 Å². The predicted octanol–water partition coefficient (Wildman–Crippen LogP) is 3.92. The molecule has 1 N–H and O–H groups in total. The van der Waals surface area contributed by atoms with Crippen molar-refractivity contribution < 1.29 is 13.5 Å². The molecule has 33 heavy (non-hydrogen) atoms. The molecule has 1 aliphatic carbocycles. The Bertz CT molecular complexity index is 1290. The molecule has 2 aromatic carbocycles. The molecule has 0 spiro atoms. The van der Waals surface area contributed by atoms with Crippen LogP contribution in [0, 0.1) is 28.9 Å². The molecule has 5 rings (SSSR count). The number of ether oxygens (including phenoxy) is 1. The van der Waals surface area contributed by atoms with Gasteiger partial charge in [0, 0.05) is 18.0 Å². The SMILES string of the molecule is N#Cc1ccc(-c2nc(OC[C@H]3CCNC3)c(F)c(=O)n2-c2ccc(C3CC3)cc2)cc1F. The summed E-state index contributed by atoms with van der Waals surface area (Å²) in [5, 5.41) is 12.3. The third-order valence-electron chi connectivity index (χ3n) is 6.16. The summed E-state index contributed by atoms with van der Waals surface area (Å²) in [4.78, 5) is 17.4. The Hall–Kier alpha value is -3.57. The van der Waals surface area contributed by atoms with E-state index in [2.05, 4.69) is 10.3 Å². The zero-order valence-corrected chi connectivity index (χ0v) is 17.9. The lowest BCUT2D eigenvalue weighted by atomic mass is 10.1. The van der Waals surface area contributed by atoms with Crippen molar-refractivity contribution in [3.63, 3.8) is 0 Å². The zero-order valence-electron chi connectivity index (χ0n) is 17.9. The summed E-state index contributed by atoms with van der Waals surface area (Å²) >= 11 is 0. The Morgan fingerprint density at radius 2 is 1.94 bits per heavy atom. The summed E-state index contributed by atoms with van der Waals surface area (Å²) in [5.74, 6) is -1.48. The molecule has 0 bridgehead atoms. The van der Waals surface area contributed by atoms with Crippen LogP contribution in [0.15, 0.2) is 47.3 Å². The molecule has 1 atom stereocenters. The molecule has 1 saturated carbocycles. The van der Waals surface area contributed by atoms with Gasteiger partial charge >= 0.3 is 0 Å². The first-order valence-electron chi connectivity index (χ1n) is 11.0. The van der Waals surface area contributed by atoms with E-state index in [0.29, 0.717) is 11.6 Å². The maximum Gasteiger partial charge on any atom is 0.298 e. The summed E-state index contributed by atoms with van der Waals surface area (Å²) in [6.45, 7) is 1.83. The van der Waals surface area contributed by atoms with Crippen LogP contribution >= 0.6 is 0 Å². The summed E-state index contributed by atoms with van der Waals surface area (Å²) in [6, 6.07) is 13.0. The molecule has 2 heterocycles. The quantitative estimate of drug-likeness (QED) is 0.619. The number of hydrogen-bond acceptors (Lipinski definition) is 5. The second-order valence-electron chi connectivity index (χ2n) is 8.54. The van der Waals surface area contributed by atoms with Crippen molar-refractivity contribution >= 4 is 0 Å². The molecule has 0 unspecified atom stereocenters. The molecule has 0 radical (unpaired) electrons. The second-order valence-corrected chi connectivity index (χ2v) is 8.54. The van der Waals surface area contributed by atoms with Gasteiger partial charge in [0.1, 0.15) is 11.9 Å². The highest BCUT2D eigenvalue weighted by atomic mass is 19.1. The van der Waals surface area contributed by atoms with Crippen LogP contribution in [0.5, 0.6) is 5.88 Å². The fraction of sp³-hybridized carbons (Fsp3) is 0.320. The topological polar surface area (TPSA) is 79.9 Å². The summed E-state index contributed by atoms with van der Waals surface area (Å²) in [6.07, 6.45) is 3.15. The van der Waals surface area contributed by atoms with Gasteiger partial charge in [-0.2, -0.15) is 14.6 Å². The molecule has 1 saturated heterocycles. The average molecular weight is 448 g/mol. The fourth-order valence-corrected chi connectivity index (χ4v) is 4.12. The lowest BCUT2D eigenvalue weighted by Gasteiger charge is -2.16. The van der Waals surface area contributed by atoms with Crippen LogP contribution in [0.25, 0.3) is 17.1 Å². The van der Waals surface area contributed by atoms with Gasteiger partial charge in [0.2, 0.25) is 0 Å². The Balaban J connectivity index is 1.61. The number of nitriles is 1. The second kappa shape index (κ2) is 8.75. The normalized spacial score (nSPS) is 17.7. The van der Waals surface area contributed by atoms with Crippen LogP contribution in [0.2, 0.25) is 0 Å². The fourth-order valence-electron chi connectivity index (χ4n) is 4.12. The highest BCUT2D eigenvalue weighted by molar-refractivity contribution is 5.61. The molecule has 2 aliphatic rings. The molecule has 0 amide bonds. The summed E-state index contributed by atoms with van der Waals surface area (Å²) in [7, 11) is 0. The third kappa shape index (κ3) is 4.24. The highest BCUT2D eigenvalue weighted by Crippen LogP contribution is 2.40. The van der Waals surface area contributed by atoms with Gasteiger partial charge in [0.15, 0.2) is 5.82 Å². The highest BCUT2D eigenvalue weighted by Gasteiger charge is 2.25. The maximum absolute atomic E-state index is 15.1. The number of benzene rings is 2. The summed E-state index contributed by atoms with van der Waals surface area (Å²) < 4.78 is 36.2. The lowest BCUT2D eigenvalue weighted by Crippen LogP contribution is -2.27. The molecular weight excluding hydrogens is 426 g/mol. The minimum absolute atomic E-state index is 0.0449. The number of rotatable bonds is 6. The van der Waals surface area contributed by atoms with E-state index in [1.165, 1.54) is 12.1 Å². The minimum Gasteiger partial charge on any atom is -0.475 e. The average Bonchev–Trinajstić information content (AvgIpc) is 3.55. The van der Waals surface area contributed by atoms with Crippen molar-refractivity contribution in [3.05, 3.63) is 75.6 Å². The van der Waals surface area contributed by atoms with Gasteiger partial charge in [-0.25, -0.2) is 4.39 Å². The van der Waals surface area contributed by atoms with Crippen molar-refractivity contribution in [2.24, 2.45) is 5.92 Å². The Labute approximate surface area is 189 Å². The van der Waals surface area contributed by atoms with Crippen LogP contribution in [0.4, 0.5) is 8.78 Å². The number of aromatic nitrogens is 2. The first-order valence-corrected chi connectivity index (χ1v) is 11.0. The first-order chi connectivity index (χ1) is 16.0. The molecule has 1 aliphatic heterocycles. The van der Waals surface area contributed by atoms with Gasteiger partial charge in [0.25, 0.3) is 17.3 Å². The first kappa shape index (κ1) is 21.3. The Kier molecular flexibility index (Phi) is 5.65. The molecule has 168 valence electrons. The van der Waals surface area contributed by atoms with E-state index in [-0.39, 0.29) is 29.5 Å².